The van der Waals surface area contributed by atoms with Crippen LogP contribution >= 0.6 is 11.3 Å². The summed E-state index contributed by atoms with van der Waals surface area (Å²) in [7, 11) is 0. The van der Waals surface area contributed by atoms with Gasteiger partial charge in [-0.15, -0.1) is 16.4 Å². The molecule has 4 heterocycles. The van der Waals surface area contributed by atoms with E-state index >= 15 is 0 Å². The summed E-state index contributed by atoms with van der Waals surface area (Å²) in [5.41, 5.74) is 0.773. The first-order chi connectivity index (χ1) is 12.7. The molecular weight excluding hydrogens is 354 g/mol. The quantitative estimate of drug-likeness (QED) is 0.525. The lowest BCUT2D eigenvalue weighted by Gasteiger charge is -2.02. The highest BCUT2D eigenvalue weighted by molar-refractivity contribution is 7.13. The van der Waals surface area contributed by atoms with Crippen molar-refractivity contribution >= 4 is 22.9 Å². The molecule has 9 heteroatoms. The summed E-state index contributed by atoms with van der Waals surface area (Å²) in [6.07, 6.45) is 3.84. The number of aromatic nitrogens is 4. The highest BCUT2D eigenvalue weighted by atomic mass is 32.1. The molecule has 0 saturated carbocycles. The molecule has 1 amide bonds. The number of aryl methyl sites for hydroxylation is 1. The van der Waals surface area contributed by atoms with Crippen LogP contribution in [0.2, 0.25) is 0 Å². The first-order valence-electron chi connectivity index (χ1n) is 8.04. The maximum absolute atomic E-state index is 12.2. The van der Waals surface area contributed by atoms with E-state index in [1.807, 2.05) is 6.07 Å². The molecule has 1 N–H and O–H groups in total. The van der Waals surface area contributed by atoms with Crippen LogP contribution in [-0.2, 0) is 6.54 Å². The van der Waals surface area contributed by atoms with Gasteiger partial charge in [0.25, 0.3) is 5.91 Å². The lowest BCUT2D eigenvalue weighted by Crippen LogP contribution is -2.27. The Labute approximate surface area is 151 Å². The molecule has 0 aliphatic carbocycles. The van der Waals surface area contributed by atoms with Gasteiger partial charge < -0.3 is 9.73 Å². The number of furan rings is 1. The summed E-state index contributed by atoms with van der Waals surface area (Å²) in [4.78, 5) is 28.6. The number of hydrogen-bond acceptors (Lipinski definition) is 6. The number of carbonyl (C=O) groups excluding carboxylic acids is 1. The Morgan fingerprint density at radius 2 is 2.19 bits per heavy atom. The standard InChI is InChI=1S/C17H15N5O3S/c23-15(12-11-26-16(19-12)13-5-3-10-25-13)18-7-4-9-22-17(24)21-8-2-1-6-14(21)20-22/h1-3,5-6,8,10-11H,4,7,9H2,(H,18,23). The molecule has 0 aromatic carbocycles. The average molecular weight is 369 g/mol. The van der Waals surface area contributed by atoms with Crippen molar-refractivity contribution in [3.63, 3.8) is 0 Å². The van der Waals surface area contributed by atoms with Crippen LogP contribution in [0.5, 0.6) is 0 Å². The molecular formula is C17H15N5O3S. The molecule has 0 spiro atoms. The summed E-state index contributed by atoms with van der Waals surface area (Å²) < 4.78 is 8.16. The van der Waals surface area contributed by atoms with Crippen LogP contribution < -0.4 is 11.0 Å². The topological polar surface area (TPSA) is 94.4 Å². The van der Waals surface area contributed by atoms with E-state index in [2.05, 4.69) is 15.4 Å². The van der Waals surface area contributed by atoms with Crippen molar-refractivity contribution in [2.24, 2.45) is 0 Å². The van der Waals surface area contributed by atoms with Crippen LogP contribution in [0.4, 0.5) is 0 Å². The largest absolute Gasteiger partial charge is 0.462 e. The molecule has 0 radical (unpaired) electrons. The first kappa shape index (κ1) is 16.3. The Bertz CT molecular complexity index is 1090. The van der Waals surface area contributed by atoms with E-state index in [0.29, 0.717) is 41.6 Å². The first-order valence-corrected chi connectivity index (χ1v) is 8.92. The van der Waals surface area contributed by atoms with Crippen molar-refractivity contribution in [2.45, 2.75) is 13.0 Å². The van der Waals surface area contributed by atoms with Crippen LogP contribution in [0, 0.1) is 0 Å². The second-order valence-corrected chi connectivity index (χ2v) is 6.42. The van der Waals surface area contributed by atoms with Gasteiger partial charge in [-0.25, -0.2) is 14.5 Å². The van der Waals surface area contributed by atoms with E-state index in [-0.39, 0.29) is 11.6 Å². The summed E-state index contributed by atoms with van der Waals surface area (Å²) >= 11 is 1.35. The van der Waals surface area contributed by atoms with Gasteiger partial charge in [0, 0.05) is 24.7 Å². The molecule has 0 unspecified atom stereocenters. The smallest absolute Gasteiger partial charge is 0.350 e. The van der Waals surface area contributed by atoms with Crippen molar-refractivity contribution in [2.75, 3.05) is 6.54 Å². The number of hydrogen-bond donors (Lipinski definition) is 1. The van der Waals surface area contributed by atoms with Gasteiger partial charge >= 0.3 is 5.69 Å². The monoisotopic (exact) mass is 369 g/mol. The lowest BCUT2D eigenvalue weighted by molar-refractivity contribution is 0.0948. The van der Waals surface area contributed by atoms with Gasteiger partial charge in [-0.1, -0.05) is 6.07 Å². The zero-order chi connectivity index (χ0) is 17.9. The summed E-state index contributed by atoms with van der Waals surface area (Å²) in [5.74, 6) is 0.390. The van der Waals surface area contributed by atoms with Crippen molar-refractivity contribution in [3.05, 3.63) is 64.4 Å². The molecule has 0 aliphatic rings. The van der Waals surface area contributed by atoms with Gasteiger partial charge in [0.1, 0.15) is 5.69 Å². The lowest BCUT2D eigenvalue weighted by atomic mass is 10.4. The van der Waals surface area contributed by atoms with E-state index in [1.54, 1.807) is 42.1 Å². The van der Waals surface area contributed by atoms with Crippen LogP contribution in [-0.4, -0.2) is 31.6 Å². The van der Waals surface area contributed by atoms with E-state index in [4.69, 9.17) is 4.42 Å². The maximum Gasteiger partial charge on any atom is 0.350 e. The van der Waals surface area contributed by atoms with Crippen LogP contribution in [0.15, 0.2) is 57.4 Å². The Morgan fingerprint density at radius 3 is 3.00 bits per heavy atom. The number of nitrogens with one attached hydrogen (secondary N) is 1. The zero-order valence-corrected chi connectivity index (χ0v) is 14.5. The molecule has 4 aromatic heterocycles. The van der Waals surface area contributed by atoms with Gasteiger partial charge in [0.2, 0.25) is 0 Å². The summed E-state index contributed by atoms with van der Waals surface area (Å²) in [6.45, 7) is 0.849. The zero-order valence-electron chi connectivity index (χ0n) is 13.7. The minimum absolute atomic E-state index is 0.186. The minimum atomic E-state index is -0.249. The number of carbonyl (C=O) groups is 1. The third-order valence-corrected chi connectivity index (χ3v) is 4.65. The predicted molar refractivity (Wildman–Crippen MR) is 96.2 cm³/mol. The molecule has 0 aliphatic heterocycles. The van der Waals surface area contributed by atoms with Gasteiger partial charge in [0.15, 0.2) is 16.4 Å². The van der Waals surface area contributed by atoms with Crippen LogP contribution in [0.1, 0.15) is 16.9 Å². The molecule has 0 bridgehead atoms. The molecule has 0 atom stereocenters. The van der Waals surface area contributed by atoms with E-state index < -0.39 is 0 Å². The van der Waals surface area contributed by atoms with Crippen molar-refractivity contribution in [1.82, 2.24) is 24.5 Å². The Balaban J connectivity index is 1.32. The van der Waals surface area contributed by atoms with Crippen LogP contribution in [0.3, 0.4) is 0 Å². The van der Waals surface area contributed by atoms with E-state index in [1.165, 1.54) is 20.4 Å². The molecule has 0 fully saturated rings. The Hall–Kier alpha value is -3.20. The second-order valence-electron chi connectivity index (χ2n) is 5.56. The van der Waals surface area contributed by atoms with Crippen molar-refractivity contribution in [3.8, 4) is 10.8 Å². The molecule has 0 saturated heterocycles. The number of nitrogens with zero attached hydrogens (tertiary/aromatic N) is 4. The fourth-order valence-corrected chi connectivity index (χ4v) is 3.29. The predicted octanol–water partition coefficient (Wildman–Crippen LogP) is 2.03. The van der Waals surface area contributed by atoms with Crippen molar-refractivity contribution in [1.29, 1.82) is 0 Å². The number of thiazole rings is 1. The summed E-state index contributed by atoms with van der Waals surface area (Å²) in [5, 5.41) is 9.42. The fraction of sp³-hybridized carbons (Fsp3) is 0.176. The average Bonchev–Trinajstić information content (AvgIpc) is 3.39. The number of amides is 1. The van der Waals surface area contributed by atoms with E-state index in [0.717, 1.165) is 0 Å². The Kier molecular flexibility index (Phi) is 4.36. The van der Waals surface area contributed by atoms with Gasteiger partial charge in [0.05, 0.1) is 6.26 Å². The molecule has 4 aromatic rings. The number of fused-ring (bicyclic) bond motifs is 1. The SMILES string of the molecule is O=C(NCCCn1nc2ccccn2c1=O)c1csc(-c2ccco2)n1. The van der Waals surface area contributed by atoms with E-state index in [9.17, 15) is 9.59 Å². The number of rotatable bonds is 6. The molecule has 132 valence electrons. The van der Waals surface area contributed by atoms with Crippen LogP contribution in [0.25, 0.3) is 16.4 Å². The minimum Gasteiger partial charge on any atom is -0.462 e. The Morgan fingerprint density at radius 1 is 1.27 bits per heavy atom. The van der Waals surface area contributed by atoms with Gasteiger partial charge in [-0.2, -0.15) is 0 Å². The molecule has 26 heavy (non-hydrogen) atoms. The summed E-state index contributed by atoms with van der Waals surface area (Å²) in [6, 6.07) is 8.96. The normalized spacial score (nSPS) is 11.1. The third-order valence-electron chi connectivity index (χ3n) is 3.79. The molecule has 8 nitrogen and oxygen atoms in total. The number of pyridine rings is 1. The fourth-order valence-electron chi connectivity index (χ4n) is 2.53. The molecule has 4 rings (SSSR count). The van der Waals surface area contributed by atoms with Gasteiger partial charge in [-0.05, 0) is 30.7 Å². The highest BCUT2D eigenvalue weighted by Gasteiger charge is 2.13. The van der Waals surface area contributed by atoms with Gasteiger partial charge in [-0.3, -0.25) is 9.20 Å². The second kappa shape index (κ2) is 6.96. The third kappa shape index (κ3) is 3.16. The highest BCUT2D eigenvalue weighted by Crippen LogP contribution is 2.23. The van der Waals surface area contributed by atoms with Crippen molar-refractivity contribution < 1.29 is 9.21 Å². The maximum atomic E-state index is 12.2.